The summed E-state index contributed by atoms with van der Waals surface area (Å²) in [5.74, 6) is -0.147. The van der Waals surface area contributed by atoms with Gasteiger partial charge in [0, 0.05) is 26.4 Å². The molecule has 0 fully saturated rings. The number of carbonyl (C=O) groups is 1. The molecule has 0 aromatic rings. The van der Waals surface area contributed by atoms with Crippen molar-refractivity contribution in [3.8, 4) is 0 Å². The van der Waals surface area contributed by atoms with E-state index in [-0.39, 0.29) is 5.97 Å². The van der Waals surface area contributed by atoms with Gasteiger partial charge in [0.15, 0.2) is 0 Å². The smallest absolute Gasteiger partial charge is 0.334 e. The molecule has 0 saturated carbocycles. The van der Waals surface area contributed by atoms with Crippen LogP contribution in [0.1, 0.15) is 131 Å². The van der Waals surface area contributed by atoms with E-state index in [0.717, 1.165) is 25.6 Å². The maximum absolute atomic E-state index is 12.1. The van der Waals surface area contributed by atoms with Crippen molar-refractivity contribution in [2.24, 2.45) is 0 Å². The lowest BCUT2D eigenvalue weighted by Crippen LogP contribution is -2.39. The van der Waals surface area contributed by atoms with Crippen LogP contribution in [0, 0.1) is 0 Å². The van der Waals surface area contributed by atoms with Crippen LogP contribution >= 0.6 is 0 Å². The summed E-state index contributed by atoms with van der Waals surface area (Å²) in [5.41, 5.74) is 0. The van der Waals surface area contributed by atoms with Crippen LogP contribution in [0.3, 0.4) is 0 Å². The Bertz CT molecular complexity index is 559. The Kier molecular flexibility index (Phi) is 29.3. The molecule has 0 amide bonds. The lowest BCUT2D eigenvalue weighted by molar-refractivity contribution is -0.145. The molecule has 1 N–H and O–H groups in total. The van der Waals surface area contributed by atoms with Crippen molar-refractivity contribution in [2.75, 3.05) is 46.1 Å². The first-order valence-corrected chi connectivity index (χ1v) is 23.5. The van der Waals surface area contributed by atoms with Gasteiger partial charge in [-0.1, -0.05) is 122 Å². The molecular formula is C34H73NO5Si2. The average Bonchev–Trinajstić information content (AvgIpc) is 2.97. The molecule has 0 spiro atoms. The molecule has 0 atom stereocenters. The van der Waals surface area contributed by atoms with Crippen molar-refractivity contribution in [3.05, 3.63) is 0 Å². The van der Waals surface area contributed by atoms with Crippen molar-refractivity contribution in [1.82, 2.24) is 5.32 Å². The molecule has 0 aromatic heterocycles. The molecule has 252 valence electrons. The standard InChI is InChI=1S/C34H73NO5Si2/c1-7-12-15-18-30-42(31-19-16-13-8-2,32-20-17-14-9-3)33-22-26-37-27-28-38-34(36)23-25-35-24-21-29-41(6,39-10-4)40-11-5/h35H,7-33H2,1-6H3. The molecule has 0 unspecified atom stereocenters. The first-order valence-electron chi connectivity index (χ1n) is 18.1. The number of hydrogen-bond donors (Lipinski definition) is 1. The van der Waals surface area contributed by atoms with E-state index in [0.29, 0.717) is 39.4 Å². The second-order valence-corrected chi connectivity index (χ2v) is 20.8. The zero-order valence-electron chi connectivity index (χ0n) is 29.1. The van der Waals surface area contributed by atoms with Gasteiger partial charge in [0.2, 0.25) is 0 Å². The van der Waals surface area contributed by atoms with Crippen LogP contribution < -0.4 is 5.32 Å². The third-order valence-corrected chi connectivity index (χ3v) is 17.3. The minimum Gasteiger partial charge on any atom is -0.463 e. The molecule has 0 aliphatic carbocycles. The van der Waals surface area contributed by atoms with Crippen molar-refractivity contribution in [1.29, 1.82) is 0 Å². The third kappa shape index (κ3) is 24.1. The predicted octanol–water partition coefficient (Wildman–Crippen LogP) is 9.64. The fraction of sp³-hybridized carbons (Fsp3) is 0.971. The van der Waals surface area contributed by atoms with Gasteiger partial charge in [-0.05, 0) is 45.8 Å². The van der Waals surface area contributed by atoms with Crippen LogP contribution in [0.2, 0.25) is 36.8 Å². The Balaban J connectivity index is 4.31. The third-order valence-electron chi connectivity index (χ3n) is 8.56. The predicted molar refractivity (Wildman–Crippen MR) is 186 cm³/mol. The van der Waals surface area contributed by atoms with E-state index >= 15 is 0 Å². The van der Waals surface area contributed by atoms with Crippen LogP contribution in [-0.4, -0.2) is 68.7 Å². The number of unbranched alkanes of at least 4 members (excludes halogenated alkanes) is 9. The number of carbonyl (C=O) groups excluding carboxylic acids is 1. The molecule has 0 aliphatic heterocycles. The Hall–Kier alpha value is -0.256. The van der Waals surface area contributed by atoms with Crippen LogP contribution in [0.4, 0.5) is 0 Å². The highest BCUT2D eigenvalue weighted by atomic mass is 28.4. The van der Waals surface area contributed by atoms with Gasteiger partial charge in [-0.25, -0.2) is 0 Å². The summed E-state index contributed by atoms with van der Waals surface area (Å²) in [6.45, 7) is 17.7. The minimum atomic E-state index is -2.05. The van der Waals surface area contributed by atoms with E-state index in [1.165, 1.54) is 108 Å². The number of ether oxygens (including phenoxy) is 2. The van der Waals surface area contributed by atoms with Crippen LogP contribution in [0.15, 0.2) is 0 Å². The quantitative estimate of drug-likeness (QED) is 0.0442. The van der Waals surface area contributed by atoms with E-state index in [4.69, 9.17) is 18.3 Å². The molecule has 0 bridgehead atoms. The Morgan fingerprint density at radius 1 is 0.571 bits per heavy atom. The maximum atomic E-state index is 12.1. The highest BCUT2D eigenvalue weighted by molar-refractivity contribution is 6.79. The normalized spacial score (nSPS) is 12.2. The molecule has 0 aliphatic rings. The van der Waals surface area contributed by atoms with Crippen molar-refractivity contribution < 1.29 is 23.1 Å². The summed E-state index contributed by atoms with van der Waals surface area (Å²) in [5, 5.41) is 3.35. The molecule has 6 nitrogen and oxygen atoms in total. The number of nitrogens with one attached hydrogen (secondary N) is 1. The second-order valence-electron chi connectivity index (χ2n) is 12.5. The topological polar surface area (TPSA) is 66.0 Å². The van der Waals surface area contributed by atoms with E-state index in [9.17, 15) is 4.79 Å². The molecule has 0 heterocycles. The van der Waals surface area contributed by atoms with E-state index in [2.05, 4.69) is 32.6 Å². The van der Waals surface area contributed by atoms with Crippen molar-refractivity contribution in [2.45, 2.75) is 168 Å². The monoisotopic (exact) mass is 632 g/mol. The van der Waals surface area contributed by atoms with Crippen LogP contribution in [-0.2, 0) is 23.1 Å². The molecule has 0 aromatic carbocycles. The van der Waals surface area contributed by atoms with E-state index in [1.807, 2.05) is 13.8 Å². The molecule has 0 rings (SSSR count). The number of hydrogen-bond acceptors (Lipinski definition) is 6. The zero-order valence-corrected chi connectivity index (χ0v) is 31.1. The average molecular weight is 632 g/mol. The summed E-state index contributed by atoms with van der Waals surface area (Å²) in [6.07, 6.45) is 19.2. The van der Waals surface area contributed by atoms with Crippen LogP contribution in [0.5, 0.6) is 0 Å². The van der Waals surface area contributed by atoms with Gasteiger partial charge < -0.3 is 23.6 Å². The van der Waals surface area contributed by atoms with Gasteiger partial charge >= 0.3 is 14.5 Å². The molecule has 0 saturated heterocycles. The molecule has 8 heteroatoms. The van der Waals surface area contributed by atoms with Gasteiger partial charge in [-0.15, -0.1) is 0 Å². The SMILES string of the molecule is CCCCCC[Si](CCCCCC)(CCCCCC)CCCOCCOC(=O)CCNCCC[Si](C)(OCC)OCC. The highest BCUT2D eigenvalue weighted by Gasteiger charge is 2.31. The van der Waals surface area contributed by atoms with Gasteiger partial charge in [0.1, 0.15) is 6.61 Å². The Labute approximate surface area is 264 Å². The molecule has 42 heavy (non-hydrogen) atoms. The van der Waals surface area contributed by atoms with Gasteiger partial charge in [-0.2, -0.15) is 0 Å². The molecule has 0 radical (unpaired) electrons. The van der Waals surface area contributed by atoms with Crippen LogP contribution in [0.25, 0.3) is 0 Å². The van der Waals surface area contributed by atoms with Gasteiger partial charge in [0.05, 0.1) is 21.1 Å². The van der Waals surface area contributed by atoms with Gasteiger partial charge in [-0.3, -0.25) is 4.79 Å². The van der Waals surface area contributed by atoms with E-state index < -0.39 is 16.6 Å². The Morgan fingerprint density at radius 2 is 1.10 bits per heavy atom. The maximum Gasteiger partial charge on any atom is 0.334 e. The summed E-state index contributed by atoms with van der Waals surface area (Å²) < 4.78 is 23.1. The Morgan fingerprint density at radius 3 is 1.60 bits per heavy atom. The fourth-order valence-electron chi connectivity index (χ4n) is 6.11. The summed E-state index contributed by atoms with van der Waals surface area (Å²) in [6, 6.07) is 6.95. The van der Waals surface area contributed by atoms with Crippen molar-refractivity contribution in [3.63, 3.8) is 0 Å². The first-order chi connectivity index (χ1) is 20.4. The summed E-state index contributed by atoms with van der Waals surface area (Å²) >= 11 is 0. The van der Waals surface area contributed by atoms with Gasteiger partial charge in [0.25, 0.3) is 0 Å². The number of esters is 1. The lowest BCUT2D eigenvalue weighted by atomic mass is 10.2. The summed E-state index contributed by atoms with van der Waals surface area (Å²) in [4.78, 5) is 12.1. The number of rotatable bonds is 33. The van der Waals surface area contributed by atoms with Crippen molar-refractivity contribution >= 4 is 22.6 Å². The molecular weight excluding hydrogens is 559 g/mol. The minimum absolute atomic E-state index is 0.147. The fourth-order valence-corrected chi connectivity index (χ4v) is 13.9. The van der Waals surface area contributed by atoms with E-state index in [1.54, 1.807) is 0 Å². The zero-order chi connectivity index (χ0) is 31.2. The summed E-state index contributed by atoms with van der Waals surface area (Å²) in [7, 11) is -3.31. The highest BCUT2D eigenvalue weighted by Crippen LogP contribution is 2.34. The lowest BCUT2D eigenvalue weighted by Gasteiger charge is -2.33. The largest absolute Gasteiger partial charge is 0.463 e. The second kappa shape index (κ2) is 29.5. The first kappa shape index (κ1) is 41.7.